The second-order valence-corrected chi connectivity index (χ2v) is 7.42. The molecule has 136 valence electrons. The van der Waals surface area contributed by atoms with Crippen LogP contribution in [0.3, 0.4) is 0 Å². The highest BCUT2D eigenvalue weighted by Gasteiger charge is 2.12. The Morgan fingerprint density at radius 1 is 1.00 bits per heavy atom. The first-order chi connectivity index (χ1) is 13.0. The molecule has 0 aliphatic rings. The molecule has 2 aromatic carbocycles. The zero-order chi connectivity index (χ0) is 19.0. The lowest BCUT2D eigenvalue weighted by Gasteiger charge is -2.11. The predicted octanol–water partition coefficient (Wildman–Crippen LogP) is 6.23. The van der Waals surface area contributed by atoms with Gasteiger partial charge >= 0.3 is 0 Å². The molecule has 0 aliphatic carbocycles. The van der Waals surface area contributed by atoms with Gasteiger partial charge in [-0.3, -0.25) is 0 Å². The summed E-state index contributed by atoms with van der Waals surface area (Å²) in [5.41, 5.74) is 6.11. The van der Waals surface area contributed by atoms with E-state index in [9.17, 15) is 0 Å². The topological polar surface area (TPSA) is 42.2 Å². The largest absolute Gasteiger partial charge is 0.340 e. The summed E-state index contributed by atoms with van der Waals surface area (Å²) < 4.78 is 1.84. The van der Waals surface area contributed by atoms with Crippen molar-refractivity contribution in [2.45, 2.75) is 26.7 Å². The van der Waals surface area contributed by atoms with Crippen LogP contribution in [0.1, 0.15) is 31.0 Å². The van der Waals surface area contributed by atoms with E-state index >= 15 is 0 Å². The van der Waals surface area contributed by atoms with Crippen LogP contribution in [0.4, 0.5) is 11.5 Å². The number of anilines is 2. The van der Waals surface area contributed by atoms with Gasteiger partial charge in [0.25, 0.3) is 0 Å². The average Bonchev–Trinajstić information content (AvgIpc) is 3.07. The molecule has 0 spiro atoms. The maximum atomic E-state index is 6.02. The Morgan fingerprint density at radius 3 is 2.37 bits per heavy atom. The third-order valence-corrected chi connectivity index (χ3v) is 4.86. The van der Waals surface area contributed by atoms with Gasteiger partial charge in [0.05, 0.1) is 6.20 Å². The van der Waals surface area contributed by atoms with Gasteiger partial charge < -0.3 is 5.32 Å². The highest BCUT2D eigenvalue weighted by Crippen LogP contribution is 2.28. The van der Waals surface area contributed by atoms with E-state index in [1.165, 1.54) is 5.56 Å². The summed E-state index contributed by atoms with van der Waals surface area (Å²) in [4.78, 5) is 4.70. The van der Waals surface area contributed by atoms with Crippen molar-refractivity contribution in [2.24, 2.45) is 0 Å². The first-order valence-corrected chi connectivity index (χ1v) is 9.37. The molecule has 0 radical (unpaired) electrons. The van der Waals surface area contributed by atoms with Crippen LogP contribution in [-0.2, 0) is 0 Å². The van der Waals surface area contributed by atoms with Gasteiger partial charge in [-0.25, -0.2) is 4.98 Å². The number of hydrogen-bond acceptors (Lipinski definition) is 3. The van der Waals surface area contributed by atoms with Gasteiger partial charge in [0.2, 0.25) is 0 Å². The second-order valence-electron chi connectivity index (χ2n) is 6.99. The van der Waals surface area contributed by atoms with Crippen LogP contribution in [0.25, 0.3) is 16.8 Å². The minimum atomic E-state index is 0.516. The smallest absolute Gasteiger partial charge is 0.165 e. The van der Waals surface area contributed by atoms with Crippen LogP contribution in [0.5, 0.6) is 0 Å². The van der Waals surface area contributed by atoms with Crippen molar-refractivity contribution in [2.75, 3.05) is 5.32 Å². The Morgan fingerprint density at radius 2 is 1.70 bits per heavy atom. The molecule has 4 nitrogen and oxygen atoms in total. The molecule has 0 amide bonds. The summed E-state index contributed by atoms with van der Waals surface area (Å²) in [7, 11) is 0. The van der Waals surface area contributed by atoms with E-state index in [0.717, 1.165) is 34.0 Å². The van der Waals surface area contributed by atoms with Crippen molar-refractivity contribution in [3.63, 3.8) is 0 Å². The standard InChI is InChI=1S/C22H21ClN4/c1-14(2)16-6-10-19(11-7-16)26-21-12-15(3)25-22-20(13-24-27(21)22)17-4-8-18(23)9-5-17/h4-14,26H,1-3H3. The minimum absolute atomic E-state index is 0.516. The van der Waals surface area contributed by atoms with E-state index < -0.39 is 0 Å². The van der Waals surface area contributed by atoms with Crippen LogP contribution in [0.2, 0.25) is 5.02 Å². The van der Waals surface area contributed by atoms with Gasteiger partial charge in [0.15, 0.2) is 5.65 Å². The van der Waals surface area contributed by atoms with Gasteiger partial charge in [-0.1, -0.05) is 49.7 Å². The van der Waals surface area contributed by atoms with Gasteiger partial charge in [0, 0.05) is 28.0 Å². The number of hydrogen-bond donors (Lipinski definition) is 1. The Kier molecular flexibility index (Phi) is 4.58. The number of fused-ring (bicyclic) bond motifs is 1. The fraction of sp³-hybridized carbons (Fsp3) is 0.182. The third-order valence-electron chi connectivity index (χ3n) is 4.60. The second kappa shape index (κ2) is 7.05. The number of aryl methyl sites for hydroxylation is 1. The van der Waals surface area contributed by atoms with Crippen LogP contribution in [-0.4, -0.2) is 14.6 Å². The fourth-order valence-corrected chi connectivity index (χ4v) is 3.23. The minimum Gasteiger partial charge on any atom is -0.340 e. The summed E-state index contributed by atoms with van der Waals surface area (Å²) in [6.45, 7) is 6.38. The van der Waals surface area contributed by atoms with E-state index in [0.29, 0.717) is 10.9 Å². The summed E-state index contributed by atoms with van der Waals surface area (Å²) in [6, 6.07) is 18.2. The number of nitrogens with one attached hydrogen (secondary N) is 1. The first kappa shape index (κ1) is 17.6. The number of aromatic nitrogens is 3. The monoisotopic (exact) mass is 376 g/mol. The molecule has 0 bridgehead atoms. The molecule has 2 aromatic heterocycles. The van der Waals surface area contributed by atoms with Gasteiger partial charge in [-0.15, -0.1) is 0 Å². The lowest BCUT2D eigenvalue weighted by molar-refractivity contribution is 0.867. The molecule has 0 unspecified atom stereocenters. The van der Waals surface area contributed by atoms with Gasteiger partial charge in [-0.2, -0.15) is 9.61 Å². The molecule has 4 aromatic rings. The summed E-state index contributed by atoms with van der Waals surface area (Å²) in [6.07, 6.45) is 1.85. The molecule has 0 saturated carbocycles. The van der Waals surface area contributed by atoms with Crippen molar-refractivity contribution in [3.8, 4) is 11.1 Å². The zero-order valence-corrected chi connectivity index (χ0v) is 16.3. The summed E-state index contributed by atoms with van der Waals surface area (Å²) in [5, 5.41) is 8.74. The van der Waals surface area contributed by atoms with Gasteiger partial charge in [-0.05, 0) is 48.2 Å². The normalized spacial score (nSPS) is 11.3. The molecule has 2 heterocycles. The Balaban J connectivity index is 1.74. The van der Waals surface area contributed by atoms with Crippen LogP contribution in [0.15, 0.2) is 60.8 Å². The average molecular weight is 377 g/mol. The maximum Gasteiger partial charge on any atom is 0.165 e. The highest BCUT2D eigenvalue weighted by molar-refractivity contribution is 6.30. The molecule has 5 heteroatoms. The predicted molar refractivity (Wildman–Crippen MR) is 112 cm³/mol. The number of rotatable bonds is 4. The molecule has 0 fully saturated rings. The van der Waals surface area contributed by atoms with Crippen molar-refractivity contribution in [1.82, 2.24) is 14.6 Å². The van der Waals surface area contributed by atoms with E-state index in [4.69, 9.17) is 16.6 Å². The highest BCUT2D eigenvalue weighted by atomic mass is 35.5. The van der Waals surface area contributed by atoms with E-state index in [1.54, 1.807) is 0 Å². The quantitative estimate of drug-likeness (QED) is 0.459. The van der Waals surface area contributed by atoms with Crippen LogP contribution < -0.4 is 5.32 Å². The Bertz CT molecular complexity index is 1080. The molecule has 0 aliphatic heterocycles. The van der Waals surface area contributed by atoms with Gasteiger partial charge in [0.1, 0.15) is 5.82 Å². The number of nitrogens with zero attached hydrogens (tertiary/aromatic N) is 3. The molecule has 4 rings (SSSR count). The lowest BCUT2D eigenvalue weighted by atomic mass is 10.0. The van der Waals surface area contributed by atoms with Crippen molar-refractivity contribution in [3.05, 3.63) is 77.1 Å². The van der Waals surface area contributed by atoms with Crippen LogP contribution in [0, 0.1) is 6.92 Å². The van der Waals surface area contributed by atoms with E-state index in [2.05, 4.69) is 48.5 Å². The first-order valence-electron chi connectivity index (χ1n) is 8.99. The molecule has 0 saturated heterocycles. The Labute approximate surface area is 163 Å². The summed E-state index contributed by atoms with van der Waals surface area (Å²) in [5.74, 6) is 1.40. The van der Waals surface area contributed by atoms with Crippen LogP contribution >= 0.6 is 11.6 Å². The van der Waals surface area contributed by atoms with E-state index in [-0.39, 0.29) is 0 Å². The zero-order valence-electron chi connectivity index (χ0n) is 15.6. The fourth-order valence-electron chi connectivity index (χ4n) is 3.11. The number of benzene rings is 2. The SMILES string of the molecule is Cc1cc(Nc2ccc(C(C)C)cc2)n2ncc(-c3ccc(Cl)cc3)c2n1. The number of halogens is 1. The molecular formula is C22H21ClN4. The lowest BCUT2D eigenvalue weighted by Crippen LogP contribution is -2.02. The Hall–Kier alpha value is -2.85. The van der Waals surface area contributed by atoms with E-state index in [1.807, 2.05) is 48.0 Å². The van der Waals surface area contributed by atoms with Crippen molar-refractivity contribution >= 4 is 28.8 Å². The molecule has 1 N–H and O–H groups in total. The third kappa shape index (κ3) is 3.53. The molecule has 27 heavy (non-hydrogen) atoms. The molecule has 0 atom stereocenters. The van der Waals surface area contributed by atoms with Crippen molar-refractivity contribution in [1.29, 1.82) is 0 Å². The molecular weight excluding hydrogens is 356 g/mol. The van der Waals surface area contributed by atoms with Crippen molar-refractivity contribution < 1.29 is 0 Å². The summed E-state index contributed by atoms with van der Waals surface area (Å²) >= 11 is 6.02. The maximum absolute atomic E-state index is 6.02.